The van der Waals surface area contributed by atoms with Crippen LogP contribution in [0.4, 0.5) is 18.9 Å². The standard InChI is InChI=1S/C12H17F3N2O2S/c1-8(2)7-17-10-5-4-9(20(3,16)18)6-11(10)19-12(13,14)15/h4-6,8,16-17H,7H2,1-3H3/t20-/m0/s1. The fourth-order valence-corrected chi connectivity index (χ4v) is 2.07. The molecule has 0 aliphatic heterocycles. The average molecular weight is 310 g/mol. The Hall–Kier alpha value is -1.44. The Labute approximate surface area is 116 Å². The highest BCUT2D eigenvalue weighted by molar-refractivity contribution is 7.91. The Bertz CT molecular complexity index is 569. The zero-order valence-corrected chi connectivity index (χ0v) is 12.2. The van der Waals surface area contributed by atoms with E-state index in [-0.39, 0.29) is 16.5 Å². The SMILES string of the molecule is CC(C)CNc1ccc([S@@](C)(=N)=O)cc1OC(F)(F)F. The molecular weight excluding hydrogens is 293 g/mol. The topological polar surface area (TPSA) is 62.2 Å². The van der Waals surface area contributed by atoms with Gasteiger partial charge in [-0.25, -0.2) is 8.99 Å². The summed E-state index contributed by atoms with van der Waals surface area (Å²) in [5.41, 5.74) is 0.156. The van der Waals surface area contributed by atoms with Crippen LogP contribution in [0.2, 0.25) is 0 Å². The van der Waals surface area contributed by atoms with E-state index >= 15 is 0 Å². The van der Waals surface area contributed by atoms with Gasteiger partial charge in [0.2, 0.25) is 0 Å². The molecule has 0 bridgehead atoms. The second kappa shape index (κ2) is 5.90. The Morgan fingerprint density at radius 1 is 1.40 bits per heavy atom. The van der Waals surface area contributed by atoms with Crippen molar-refractivity contribution in [1.29, 1.82) is 4.78 Å². The molecule has 0 amide bonds. The van der Waals surface area contributed by atoms with E-state index in [0.717, 1.165) is 12.3 Å². The first kappa shape index (κ1) is 16.6. The van der Waals surface area contributed by atoms with Crippen molar-refractivity contribution in [2.75, 3.05) is 18.1 Å². The summed E-state index contributed by atoms with van der Waals surface area (Å²) < 4.78 is 60.1. The smallest absolute Gasteiger partial charge is 0.404 e. The van der Waals surface area contributed by atoms with Crippen molar-refractivity contribution in [3.05, 3.63) is 18.2 Å². The van der Waals surface area contributed by atoms with Crippen molar-refractivity contribution in [3.8, 4) is 5.75 Å². The number of benzene rings is 1. The summed E-state index contributed by atoms with van der Waals surface area (Å²) in [5, 5.41) is 2.83. The number of hydrogen-bond acceptors (Lipinski definition) is 4. The second-order valence-electron chi connectivity index (χ2n) is 4.82. The van der Waals surface area contributed by atoms with Gasteiger partial charge in [0.25, 0.3) is 0 Å². The van der Waals surface area contributed by atoms with Gasteiger partial charge >= 0.3 is 6.36 Å². The molecule has 0 saturated heterocycles. The molecule has 8 heteroatoms. The fourth-order valence-electron chi connectivity index (χ4n) is 1.41. The first-order chi connectivity index (χ1) is 8.99. The van der Waals surface area contributed by atoms with Crippen LogP contribution in [0, 0.1) is 10.7 Å². The minimum absolute atomic E-state index is 0.00755. The Balaban J connectivity index is 3.16. The zero-order chi connectivity index (χ0) is 15.6. The van der Waals surface area contributed by atoms with Crippen molar-refractivity contribution in [2.45, 2.75) is 25.1 Å². The summed E-state index contributed by atoms with van der Waals surface area (Å²) in [6, 6.07) is 3.70. The number of rotatable bonds is 5. The maximum atomic E-state index is 12.4. The van der Waals surface area contributed by atoms with E-state index in [4.69, 9.17) is 4.78 Å². The second-order valence-corrected chi connectivity index (χ2v) is 6.98. The first-order valence-corrected chi connectivity index (χ1v) is 7.83. The summed E-state index contributed by atoms with van der Waals surface area (Å²) in [4.78, 5) is -0.00755. The Morgan fingerprint density at radius 3 is 2.45 bits per heavy atom. The maximum Gasteiger partial charge on any atom is 0.573 e. The van der Waals surface area contributed by atoms with Crippen molar-refractivity contribution in [2.24, 2.45) is 5.92 Å². The van der Waals surface area contributed by atoms with E-state index < -0.39 is 21.8 Å². The molecule has 0 unspecified atom stereocenters. The van der Waals surface area contributed by atoms with Crippen LogP contribution in [0.1, 0.15) is 13.8 Å². The predicted molar refractivity (Wildman–Crippen MR) is 71.5 cm³/mol. The molecule has 1 aromatic carbocycles. The van der Waals surface area contributed by atoms with Crippen LogP contribution >= 0.6 is 0 Å². The van der Waals surface area contributed by atoms with Gasteiger partial charge in [-0.15, -0.1) is 13.2 Å². The molecule has 114 valence electrons. The molecule has 0 aliphatic carbocycles. The molecule has 0 spiro atoms. The average Bonchev–Trinajstić information content (AvgIpc) is 2.23. The molecule has 0 saturated carbocycles. The highest BCUT2D eigenvalue weighted by atomic mass is 32.2. The summed E-state index contributed by atoms with van der Waals surface area (Å²) in [6.07, 6.45) is -3.70. The maximum absolute atomic E-state index is 12.4. The van der Waals surface area contributed by atoms with Crippen LogP contribution < -0.4 is 10.1 Å². The number of nitrogens with one attached hydrogen (secondary N) is 2. The minimum atomic E-state index is -4.84. The van der Waals surface area contributed by atoms with Gasteiger partial charge in [-0.2, -0.15) is 0 Å². The Kier molecular flexibility index (Phi) is 4.90. The number of anilines is 1. The van der Waals surface area contributed by atoms with Crippen LogP contribution in [-0.2, 0) is 9.73 Å². The summed E-state index contributed by atoms with van der Waals surface area (Å²) >= 11 is 0. The summed E-state index contributed by atoms with van der Waals surface area (Å²) in [5.74, 6) is -0.238. The predicted octanol–water partition coefficient (Wildman–Crippen LogP) is 3.69. The van der Waals surface area contributed by atoms with Crippen LogP contribution in [0.5, 0.6) is 5.75 Å². The van der Waals surface area contributed by atoms with Crippen LogP contribution in [0.3, 0.4) is 0 Å². The lowest BCUT2D eigenvalue weighted by atomic mass is 10.2. The number of alkyl halides is 3. The van der Waals surface area contributed by atoms with E-state index in [1.807, 2.05) is 13.8 Å². The van der Waals surface area contributed by atoms with Gasteiger partial charge in [0, 0.05) is 12.8 Å². The van der Waals surface area contributed by atoms with Gasteiger partial charge < -0.3 is 10.1 Å². The van der Waals surface area contributed by atoms with Gasteiger partial charge in [0.05, 0.1) is 20.3 Å². The molecule has 4 nitrogen and oxygen atoms in total. The van der Waals surface area contributed by atoms with E-state index in [1.54, 1.807) is 0 Å². The van der Waals surface area contributed by atoms with Crippen molar-refractivity contribution in [1.82, 2.24) is 0 Å². The Morgan fingerprint density at radius 2 is 2.00 bits per heavy atom. The van der Waals surface area contributed by atoms with Gasteiger partial charge in [-0.1, -0.05) is 13.8 Å². The van der Waals surface area contributed by atoms with Crippen molar-refractivity contribution >= 4 is 15.4 Å². The van der Waals surface area contributed by atoms with Crippen LogP contribution in [-0.4, -0.2) is 23.4 Å². The number of hydrogen-bond donors (Lipinski definition) is 2. The molecule has 20 heavy (non-hydrogen) atoms. The molecular formula is C12H17F3N2O2S. The van der Waals surface area contributed by atoms with Crippen molar-refractivity contribution < 1.29 is 22.1 Å². The number of halogens is 3. The monoisotopic (exact) mass is 310 g/mol. The lowest BCUT2D eigenvalue weighted by molar-refractivity contribution is -0.274. The summed E-state index contributed by atoms with van der Waals surface area (Å²) in [6.45, 7) is 4.29. The van der Waals surface area contributed by atoms with E-state index in [1.165, 1.54) is 12.1 Å². The molecule has 0 aliphatic rings. The lowest BCUT2D eigenvalue weighted by Gasteiger charge is -2.17. The fraction of sp³-hybridized carbons (Fsp3) is 0.500. The number of ether oxygens (including phenoxy) is 1. The molecule has 0 fully saturated rings. The van der Waals surface area contributed by atoms with E-state index in [2.05, 4.69) is 10.1 Å². The van der Waals surface area contributed by atoms with E-state index in [0.29, 0.717) is 6.54 Å². The molecule has 1 rings (SSSR count). The third kappa shape index (κ3) is 5.28. The highest BCUT2D eigenvalue weighted by Crippen LogP contribution is 2.32. The third-order valence-electron chi connectivity index (χ3n) is 2.33. The zero-order valence-electron chi connectivity index (χ0n) is 11.4. The molecule has 0 radical (unpaired) electrons. The minimum Gasteiger partial charge on any atom is -0.404 e. The van der Waals surface area contributed by atoms with Crippen molar-refractivity contribution in [3.63, 3.8) is 0 Å². The molecule has 1 aromatic rings. The normalized spacial score (nSPS) is 14.9. The summed E-state index contributed by atoms with van der Waals surface area (Å²) in [7, 11) is -3.10. The van der Waals surface area contributed by atoms with Gasteiger partial charge in [-0.3, -0.25) is 0 Å². The largest absolute Gasteiger partial charge is 0.573 e. The van der Waals surface area contributed by atoms with E-state index in [9.17, 15) is 17.4 Å². The highest BCUT2D eigenvalue weighted by Gasteiger charge is 2.32. The van der Waals surface area contributed by atoms with Crippen LogP contribution in [0.15, 0.2) is 23.1 Å². The van der Waals surface area contributed by atoms with Gasteiger partial charge in [-0.05, 0) is 24.1 Å². The quantitative estimate of drug-likeness (QED) is 0.872. The van der Waals surface area contributed by atoms with Crippen LogP contribution in [0.25, 0.3) is 0 Å². The molecule has 2 N–H and O–H groups in total. The van der Waals surface area contributed by atoms with Gasteiger partial charge in [0.15, 0.2) is 5.75 Å². The van der Waals surface area contributed by atoms with Gasteiger partial charge in [0.1, 0.15) is 0 Å². The third-order valence-corrected chi connectivity index (χ3v) is 3.48. The molecule has 1 atom stereocenters. The molecule has 0 aromatic heterocycles. The molecule has 0 heterocycles. The lowest BCUT2D eigenvalue weighted by Crippen LogP contribution is -2.19. The first-order valence-electron chi connectivity index (χ1n) is 5.86.